The van der Waals surface area contributed by atoms with Crippen molar-refractivity contribution in [1.29, 1.82) is 0 Å². The Labute approximate surface area is 173 Å². The van der Waals surface area contributed by atoms with Crippen molar-refractivity contribution >= 4 is 27.7 Å². The summed E-state index contributed by atoms with van der Waals surface area (Å²) in [6, 6.07) is 10.0. The van der Waals surface area contributed by atoms with E-state index >= 15 is 4.39 Å². The van der Waals surface area contributed by atoms with Crippen LogP contribution in [0.2, 0.25) is 0 Å². The van der Waals surface area contributed by atoms with Crippen LogP contribution < -0.4 is 15.4 Å². The molecule has 8 nitrogen and oxygen atoms in total. The monoisotopic (exact) mass is 435 g/mol. The summed E-state index contributed by atoms with van der Waals surface area (Å²) in [5, 5.41) is 7.73. The zero-order chi connectivity index (χ0) is 22.1. The van der Waals surface area contributed by atoms with Gasteiger partial charge in [0.1, 0.15) is 11.9 Å². The molecule has 0 saturated carbocycles. The Morgan fingerprint density at radius 1 is 1.27 bits per heavy atom. The average Bonchev–Trinajstić information content (AvgIpc) is 3.02. The van der Waals surface area contributed by atoms with Crippen molar-refractivity contribution in [2.75, 3.05) is 18.0 Å². The number of cyclic esters (lactones) is 1. The van der Waals surface area contributed by atoms with Crippen molar-refractivity contribution in [3.8, 4) is 11.1 Å². The number of nitrogens with two attached hydrogens (primary N) is 1. The van der Waals surface area contributed by atoms with Crippen molar-refractivity contribution in [3.63, 3.8) is 0 Å². The van der Waals surface area contributed by atoms with E-state index in [0.29, 0.717) is 5.56 Å². The van der Waals surface area contributed by atoms with Crippen LogP contribution in [0.5, 0.6) is 0 Å². The lowest BCUT2D eigenvalue weighted by atomic mass is 10.00. The molecular formula is C20H22FN3O5S. The Morgan fingerprint density at radius 3 is 2.53 bits per heavy atom. The molecule has 0 aliphatic carbocycles. The minimum Gasteiger partial charge on any atom is -0.442 e. The van der Waals surface area contributed by atoms with Crippen LogP contribution in [-0.4, -0.2) is 39.6 Å². The summed E-state index contributed by atoms with van der Waals surface area (Å²) in [4.78, 5) is 24.6. The molecule has 3 N–H and O–H groups in total. The lowest BCUT2D eigenvalue weighted by molar-refractivity contribution is -0.119. The number of hydrogen-bond donors (Lipinski definition) is 2. The van der Waals surface area contributed by atoms with Gasteiger partial charge >= 0.3 is 6.09 Å². The van der Waals surface area contributed by atoms with E-state index in [9.17, 15) is 18.0 Å². The van der Waals surface area contributed by atoms with E-state index < -0.39 is 33.8 Å². The fourth-order valence-electron chi connectivity index (χ4n) is 3.24. The third-order valence-corrected chi connectivity index (χ3v) is 5.36. The molecule has 2 aromatic carbocycles. The molecule has 3 rings (SSSR count). The number of anilines is 1. The first-order chi connectivity index (χ1) is 14.0. The molecule has 0 spiro atoms. The summed E-state index contributed by atoms with van der Waals surface area (Å²) in [7, 11) is -4.09. The molecule has 10 heteroatoms. The largest absolute Gasteiger partial charge is 0.442 e. The van der Waals surface area contributed by atoms with Crippen LogP contribution in [0.15, 0.2) is 36.4 Å². The Hall–Kier alpha value is -2.98. The predicted molar refractivity (Wildman–Crippen MR) is 110 cm³/mol. The van der Waals surface area contributed by atoms with E-state index in [1.54, 1.807) is 12.1 Å². The molecule has 1 heterocycles. The number of halogens is 1. The SMILES string of the molecule is CC(=O)NC[C@H]1CN(c2ccc(-c3ccc(C)cc3)c(F)c2CS(N)(=O)=O)C(=O)O1. The van der Waals surface area contributed by atoms with E-state index in [-0.39, 0.29) is 35.8 Å². The highest BCUT2D eigenvalue weighted by Crippen LogP contribution is 2.34. The number of carbonyl (C=O) groups is 2. The lowest BCUT2D eigenvalue weighted by Crippen LogP contribution is -2.33. The normalized spacial score (nSPS) is 16.5. The number of primary sulfonamides is 1. The minimum absolute atomic E-state index is 0.0278. The predicted octanol–water partition coefficient (Wildman–Crippen LogP) is 2.05. The first kappa shape index (κ1) is 21.7. The molecule has 1 atom stereocenters. The van der Waals surface area contributed by atoms with Crippen LogP contribution in [0.1, 0.15) is 18.1 Å². The standard InChI is InChI=1S/C20H22FN3O5S/c1-12-3-5-14(6-4-12)16-7-8-18(17(19(16)21)11-30(22,27)28)24-10-15(29-20(24)26)9-23-13(2)25/h3-8,15H,9-11H2,1-2H3,(H,23,25)(H2,22,27,28)/t15-/m0/s1. The highest BCUT2D eigenvalue weighted by Gasteiger charge is 2.35. The molecule has 1 saturated heterocycles. The maximum absolute atomic E-state index is 15.4. The van der Waals surface area contributed by atoms with E-state index in [1.807, 2.05) is 19.1 Å². The van der Waals surface area contributed by atoms with Gasteiger partial charge in [-0.25, -0.2) is 22.7 Å². The Morgan fingerprint density at radius 2 is 1.93 bits per heavy atom. The molecule has 0 bridgehead atoms. The Bertz CT molecular complexity index is 1090. The van der Waals surface area contributed by atoms with Gasteiger partial charge in [0, 0.05) is 18.1 Å². The summed E-state index contributed by atoms with van der Waals surface area (Å²) >= 11 is 0. The molecule has 0 radical (unpaired) electrons. The van der Waals surface area contributed by atoms with E-state index in [4.69, 9.17) is 9.88 Å². The smallest absolute Gasteiger partial charge is 0.414 e. The summed E-state index contributed by atoms with van der Waals surface area (Å²) in [6.45, 7) is 3.34. The van der Waals surface area contributed by atoms with Crippen LogP contribution in [0.3, 0.4) is 0 Å². The topological polar surface area (TPSA) is 119 Å². The van der Waals surface area contributed by atoms with Crippen molar-refractivity contribution in [2.45, 2.75) is 25.7 Å². The van der Waals surface area contributed by atoms with E-state index in [2.05, 4.69) is 5.32 Å². The Balaban J connectivity index is 2.02. The lowest BCUT2D eigenvalue weighted by Gasteiger charge is -2.20. The molecule has 160 valence electrons. The minimum atomic E-state index is -4.09. The van der Waals surface area contributed by atoms with Crippen LogP contribution in [0.4, 0.5) is 14.9 Å². The third kappa shape index (κ3) is 4.95. The number of hydrogen-bond acceptors (Lipinski definition) is 5. The summed E-state index contributed by atoms with van der Waals surface area (Å²) in [6.07, 6.45) is -1.41. The van der Waals surface area contributed by atoms with Crippen LogP contribution in [-0.2, 0) is 25.3 Å². The summed E-state index contributed by atoms with van der Waals surface area (Å²) in [5.74, 6) is -1.84. The van der Waals surface area contributed by atoms with Crippen molar-refractivity contribution < 1.29 is 27.1 Å². The highest BCUT2D eigenvalue weighted by atomic mass is 32.2. The Kier molecular flexibility index (Phi) is 6.09. The highest BCUT2D eigenvalue weighted by molar-refractivity contribution is 7.88. The molecule has 1 aliphatic heterocycles. The van der Waals surface area contributed by atoms with Gasteiger partial charge in [-0.2, -0.15) is 0 Å². The number of amides is 2. The molecule has 2 amide bonds. The molecule has 2 aromatic rings. The molecule has 0 unspecified atom stereocenters. The van der Waals surface area contributed by atoms with Gasteiger partial charge in [0.15, 0.2) is 0 Å². The summed E-state index contributed by atoms with van der Waals surface area (Å²) < 4.78 is 44.2. The van der Waals surface area contributed by atoms with Crippen LogP contribution in [0, 0.1) is 12.7 Å². The number of carbonyl (C=O) groups excluding carboxylic acids is 2. The maximum atomic E-state index is 15.4. The van der Waals surface area contributed by atoms with Crippen molar-refractivity contribution in [1.82, 2.24) is 5.32 Å². The quantitative estimate of drug-likeness (QED) is 0.720. The van der Waals surface area contributed by atoms with Gasteiger partial charge in [-0.15, -0.1) is 0 Å². The van der Waals surface area contributed by atoms with Gasteiger partial charge in [0.25, 0.3) is 0 Å². The van der Waals surface area contributed by atoms with Gasteiger partial charge in [-0.3, -0.25) is 9.69 Å². The number of ether oxygens (including phenoxy) is 1. The van der Waals surface area contributed by atoms with E-state index in [0.717, 1.165) is 10.5 Å². The zero-order valence-electron chi connectivity index (χ0n) is 16.5. The number of rotatable bonds is 6. The van der Waals surface area contributed by atoms with Gasteiger partial charge in [0.2, 0.25) is 15.9 Å². The number of nitrogens with one attached hydrogen (secondary N) is 1. The van der Waals surface area contributed by atoms with Crippen LogP contribution >= 0.6 is 0 Å². The number of benzene rings is 2. The second kappa shape index (κ2) is 8.41. The van der Waals surface area contributed by atoms with Crippen molar-refractivity contribution in [3.05, 3.63) is 53.3 Å². The molecule has 1 aliphatic rings. The van der Waals surface area contributed by atoms with E-state index in [1.165, 1.54) is 19.1 Å². The van der Waals surface area contributed by atoms with Gasteiger partial charge in [-0.1, -0.05) is 29.8 Å². The molecular weight excluding hydrogens is 413 g/mol. The first-order valence-corrected chi connectivity index (χ1v) is 10.9. The molecule has 30 heavy (non-hydrogen) atoms. The zero-order valence-corrected chi connectivity index (χ0v) is 17.3. The molecule has 1 fully saturated rings. The number of sulfonamides is 1. The second-order valence-corrected chi connectivity index (χ2v) is 8.77. The first-order valence-electron chi connectivity index (χ1n) is 9.16. The number of aryl methyl sites for hydroxylation is 1. The van der Waals surface area contributed by atoms with Crippen molar-refractivity contribution in [2.24, 2.45) is 5.14 Å². The van der Waals surface area contributed by atoms with Crippen LogP contribution in [0.25, 0.3) is 11.1 Å². The fourth-order valence-corrected chi connectivity index (χ4v) is 3.92. The fraction of sp³-hybridized carbons (Fsp3) is 0.300. The van der Waals surface area contributed by atoms with Gasteiger partial charge < -0.3 is 10.1 Å². The average molecular weight is 435 g/mol. The molecule has 0 aromatic heterocycles. The second-order valence-electron chi connectivity index (χ2n) is 7.15. The van der Waals surface area contributed by atoms with Gasteiger partial charge in [-0.05, 0) is 24.6 Å². The number of nitrogens with zero attached hydrogens (tertiary/aromatic N) is 1. The maximum Gasteiger partial charge on any atom is 0.414 e. The summed E-state index contributed by atoms with van der Waals surface area (Å²) in [5.41, 5.74) is 1.60. The van der Waals surface area contributed by atoms with Gasteiger partial charge in [0.05, 0.1) is 24.5 Å². The third-order valence-electron chi connectivity index (χ3n) is 4.67.